The fraction of sp³-hybridized carbons (Fsp3) is 0.722. The van der Waals surface area contributed by atoms with E-state index in [-0.39, 0.29) is 6.03 Å². The number of likely N-dealkylation sites (tertiary alicyclic amines) is 1. The second-order valence-electron chi connectivity index (χ2n) is 6.86. The van der Waals surface area contributed by atoms with Crippen molar-refractivity contribution >= 4 is 17.4 Å². The van der Waals surface area contributed by atoms with Crippen LogP contribution in [0.4, 0.5) is 4.79 Å². The molecule has 2 atom stereocenters. The van der Waals surface area contributed by atoms with E-state index in [0.717, 1.165) is 39.4 Å². The van der Waals surface area contributed by atoms with Crippen LogP contribution in [0.3, 0.4) is 0 Å². The van der Waals surface area contributed by atoms with Crippen LogP contribution < -0.4 is 10.6 Å². The summed E-state index contributed by atoms with van der Waals surface area (Å²) in [4.78, 5) is 18.4. The molecule has 2 unspecified atom stereocenters. The zero-order chi connectivity index (χ0) is 17.5. The maximum atomic E-state index is 12.2. The lowest BCUT2D eigenvalue weighted by Crippen LogP contribution is -2.49. The van der Waals surface area contributed by atoms with Crippen LogP contribution >= 0.6 is 11.3 Å². The number of thiophene rings is 1. The molecule has 2 aliphatic rings. The summed E-state index contributed by atoms with van der Waals surface area (Å²) in [5, 5.41) is 8.21. The highest BCUT2D eigenvalue weighted by molar-refractivity contribution is 7.10. The molecule has 2 amide bonds. The maximum absolute atomic E-state index is 12.2. The van der Waals surface area contributed by atoms with Gasteiger partial charge in [0, 0.05) is 37.1 Å². The zero-order valence-electron chi connectivity index (χ0n) is 15.1. The topological polar surface area (TPSA) is 56.8 Å². The van der Waals surface area contributed by atoms with E-state index >= 15 is 0 Å². The van der Waals surface area contributed by atoms with E-state index in [4.69, 9.17) is 4.74 Å². The Balaban J connectivity index is 1.43. The van der Waals surface area contributed by atoms with Gasteiger partial charge in [0.1, 0.15) is 0 Å². The summed E-state index contributed by atoms with van der Waals surface area (Å²) >= 11 is 1.77. The average Bonchev–Trinajstić information content (AvgIpc) is 3.35. The number of rotatable bonds is 7. The summed E-state index contributed by atoms with van der Waals surface area (Å²) in [6, 6.07) is 4.83. The number of nitrogens with one attached hydrogen (secondary N) is 2. The molecule has 0 radical (unpaired) electrons. The minimum Gasteiger partial charge on any atom is -0.379 e. The van der Waals surface area contributed by atoms with Gasteiger partial charge in [-0.2, -0.15) is 0 Å². The smallest absolute Gasteiger partial charge is 0.314 e. The molecule has 2 fully saturated rings. The Morgan fingerprint density at radius 2 is 1.88 bits per heavy atom. The predicted molar refractivity (Wildman–Crippen MR) is 101 cm³/mol. The lowest BCUT2D eigenvalue weighted by Gasteiger charge is -2.32. The molecule has 2 N–H and O–H groups in total. The Labute approximate surface area is 154 Å². The number of morpholine rings is 1. The summed E-state index contributed by atoms with van der Waals surface area (Å²) in [5.41, 5.74) is 0. The number of ether oxygens (including phenoxy) is 1. The van der Waals surface area contributed by atoms with Crippen molar-refractivity contribution in [1.82, 2.24) is 20.4 Å². The van der Waals surface area contributed by atoms with Gasteiger partial charge >= 0.3 is 6.03 Å². The van der Waals surface area contributed by atoms with Gasteiger partial charge in [0.25, 0.3) is 0 Å². The number of carbonyl (C=O) groups excluding carboxylic acids is 1. The Hall–Kier alpha value is -1.15. The number of nitrogens with zero attached hydrogens (tertiary/aromatic N) is 2. The first-order valence-corrected chi connectivity index (χ1v) is 10.2. The van der Waals surface area contributed by atoms with Crippen LogP contribution in [-0.4, -0.2) is 74.4 Å². The molecule has 0 bridgehead atoms. The van der Waals surface area contributed by atoms with Crippen LogP contribution in [0.2, 0.25) is 0 Å². The van der Waals surface area contributed by atoms with E-state index in [2.05, 4.69) is 44.9 Å². The second kappa shape index (κ2) is 9.52. The van der Waals surface area contributed by atoms with Gasteiger partial charge in [-0.1, -0.05) is 6.07 Å². The van der Waals surface area contributed by atoms with Crippen LogP contribution in [-0.2, 0) is 4.74 Å². The molecule has 1 aromatic heterocycles. The van der Waals surface area contributed by atoms with E-state index in [1.807, 2.05) is 0 Å². The minimum atomic E-state index is -0.0686. The van der Waals surface area contributed by atoms with Gasteiger partial charge in [-0.3, -0.25) is 9.80 Å². The second-order valence-corrected chi connectivity index (χ2v) is 7.84. The number of hydrogen-bond donors (Lipinski definition) is 2. The first-order valence-electron chi connectivity index (χ1n) is 9.35. The molecule has 2 aliphatic heterocycles. The van der Waals surface area contributed by atoms with Crippen molar-refractivity contribution < 1.29 is 9.53 Å². The number of amides is 2. The summed E-state index contributed by atoms with van der Waals surface area (Å²) in [6.07, 6.45) is 2.51. The van der Waals surface area contributed by atoms with Crippen LogP contribution in [0.25, 0.3) is 0 Å². The molecular formula is C18H30N4O2S. The summed E-state index contributed by atoms with van der Waals surface area (Å²) < 4.78 is 5.38. The molecule has 3 heterocycles. The highest BCUT2D eigenvalue weighted by Crippen LogP contribution is 2.27. The Morgan fingerprint density at radius 1 is 1.16 bits per heavy atom. The van der Waals surface area contributed by atoms with Crippen molar-refractivity contribution in [2.75, 3.05) is 52.5 Å². The normalized spacial score (nSPS) is 21.8. The van der Waals surface area contributed by atoms with Crippen molar-refractivity contribution in [1.29, 1.82) is 0 Å². The van der Waals surface area contributed by atoms with Gasteiger partial charge in [-0.25, -0.2) is 4.79 Å². The van der Waals surface area contributed by atoms with Crippen LogP contribution in [0.15, 0.2) is 17.5 Å². The van der Waals surface area contributed by atoms with E-state index in [9.17, 15) is 4.79 Å². The largest absolute Gasteiger partial charge is 0.379 e. The van der Waals surface area contributed by atoms with Crippen molar-refractivity contribution in [3.63, 3.8) is 0 Å². The molecule has 0 aromatic carbocycles. The van der Waals surface area contributed by atoms with E-state index in [1.54, 1.807) is 11.3 Å². The molecule has 1 aromatic rings. The third-order valence-corrected chi connectivity index (χ3v) is 6.11. The lowest BCUT2D eigenvalue weighted by molar-refractivity contribution is 0.0209. The predicted octanol–water partition coefficient (Wildman–Crippen LogP) is 1.90. The molecule has 140 valence electrons. The molecule has 0 spiro atoms. The molecule has 6 nitrogen and oxygen atoms in total. The van der Waals surface area contributed by atoms with Crippen molar-refractivity contribution in [3.8, 4) is 0 Å². The number of carbonyl (C=O) groups is 1. The number of hydrogen-bond acceptors (Lipinski definition) is 5. The number of urea groups is 1. The Kier molecular flexibility index (Phi) is 7.10. The van der Waals surface area contributed by atoms with Crippen LogP contribution in [0.1, 0.15) is 30.7 Å². The summed E-state index contributed by atoms with van der Waals surface area (Å²) in [7, 11) is 0. The molecule has 25 heavy (non-hydrogen) atoms. The molecular weight excluding hydrogens is 336 g/mol. The van der Waals surface area contributed by atoms with Crippen LogP contribution in [0.5, 0.6) is 0 Å². The van der Waals surface area contributed by atoms with Crippen molar-refractivity contribution in [2.24, 2.45) is 0 Å². The van der Waals surface area contributed by atoms with Crippen molar-refractivity contribution in [2.45, 2.75) is 31.8 Å². The van der Waals surface area contributed by atoms with Gasteiger partial charge in [0.15, 0.2) is 0 Å². The van der Waals surface area contributed by atoms with Gasteiger partial charge in [-0.15, -0.1) is 11.3 Å². The SMILES string of the molecule is CC(CNC(=O)NCC(c1cccs1)N1CCCC1)N1CCOCC1. The van der Waals surface area contributed by atoms with Crippen LogP contribution in [0, 0.1) is 0 Å². The standard InChI is InChI=1S/C18H30N4O2S/c1-15(21-8-10-24-11-9-21)13-19-18(23)20-14-16(17-5-4-12-25-17)22-6-2-3-7-22/h4-5,12,15-16H,2-3,6-11,13-14H2,1H3,(H2,19,20,23). The maximum Gasteiger partial charge on any atom is 0.314 e. The van der Waals surface area contributed by atoms with Crippen molar-refractivity contribution in [3.05, 3.63) is 22.4 Å². The first kappa shape index (κ1) is 18.6. The zero-order valence-corrected chi connectivity index (χ0v) is 15.9. The first-order chi connectivity index (χ1) is 12.2. The highest BCUT2D eigenvalue weighted by atomic mass is 32.1. The average molecular weight is 367 g/mol. The highest BCUT2D eigenvalue weighted by Gasteiger charge is 2.25. The summed E-state index contributed by atoms with van der Waals surface area (Å²) in [5.74, 6) is 0. The monoisotopic (exact) mass is 366 g/mol. The Morgan fingerprint density at radius 3 is 2.56 bits per heavy atom. The third kappa shape index (κ3) is 5.41. The quantitative estimate of drug-likeness (QED) is 0.774. The minimum absolute atomic E-state index is 0.0686. The third-order valence-electron chi connectivity index (χ3n) is 5.14. The Bertz CT molecular complexity index is 513. The van der Waals surface area contributed by atoms with Gasteiger partial charge in [0.05, 0.1) is 19.3 Å². The van der Waals surface area contributed by atoms with Gasteiger partial charge in [-0.05, 0) is 44.3 Å². The fourth-order valence-electron chi connectivity index (χ4n) is 3.58. The lowest BCUT2D eigenvalue weighted by atomic mass is 10.2. The molecule has 0 aliphatic carbocycles. The molecule has 0 saturated carbocycles. The molecule has 7 heteroatoms. The molecule has 2 saturated heterocycles. The fourth-order valence-corrected chi connectivity index (χ4v) is 4.44. The molecule has 3 rings (SSSR count). The van der Waals surface area contributed by atoms with Gasteiger partial charge < -0.3 is 15.4 Å². The van der Waals surface area contributed by atoms with E-state index in [0.29, 0.717) is 25.2 Å². The summed E-state index contributed by atoms with van der Waals surface area (Å²) in [6.45, 7) is 9.20. The van der Waals surface area contributed by atoms with E-state index < -0.39 is 0 Å². The van der Waals surface area contributed by atoms with E-state index in [1.165, 1.54) is 17.7 Å². The van der Waals surface area contributed by atoms with Gasteiger partial charge in [0.2, 0.25) is 0 Å².